The zero-order valence-corrected chi connectivity index (χ0v) is 14.6. The molecule has 7 heteroatoms. The highest BCUT2D eigenvalue weighted by Gasteiger charge is 2.16. The summed E-state index contributed by atoms with van der Waals surface area (Å²) in [6.45, 7) is 6.50. The molecular weight excluding hydrogens is 308 g/mol. The Bertz CT molecular complexity index is 498. The van der Waals surface area contributed by atoms with Gasteiger partial charge in [0.15, 0.2) is 0 Å². The lowest BCUT2D eigenvalue weighted by molar-refractivity contribution is 0.128. The molecule has 0 radical (unpaired) electrons. The molecule has 0 atom stereocenters. The van der Waals surface area contributed by atoms with Crippen molar-refractivity contribution >= 4 is 21.4 Å². The third-order valence-corrected chi connectivity index (χ3v) is 6.00. The van der Waals surface area contributed by atoms with E-state index in [1.807, 2.05) is 13.1 Å². The maximum atomic E-state index is 12.1. The van der Waals surface area contributed by atoms with Crippen molar-refractivity contribution in [3.8, 4) is 0 Å². The SMILES string of the molecule is CNCCc1ccc(S(=O)(=O)NCCOCCC(C)C)s1. The van der Waals surface area contributed by atoms with Gasteiger partial charge in [-0.3, -0.25) is 0 Å². The molecule has 2 N–H and O–H groups in total. The number of nitrogens with one attached hydrogen (secondary N) is 2. The highest BCUT2D eigenvalue weighted by Crippen LogP contribution is 2.21. The van der Waals surface area contributed by atoms with Gasteiger partial charge >= 0.3 is 0 Å². The maximum absolute atomic E-state index is 12.1. The summed E-state index contributed by atoms with van der Waals surface area (Å²) in [6, 6.07) is 3.54. The summed E-state index contributed by atoms with van der Waals surface area (Å²) in [5, 5.41) is 3.05. The number of thiophene rings is 1. The monoisotopic (exact) mass is 334 g/mol. The molecule has 0 unspecified atom stereocenters. The van der Waals surface area contributed by atoms with Crippen LogP contribution in [0, 0.1) is 5.92 Å². The quantitative estimate of drug-likeness (QED) is 0.606. The van der Waals surface area contributed by atoms with Crippen LogP contribution in [0.25, 0.3) is 0 Å². The van der Waals surface area contributed by atoms with Gasteiger partial charge < -0.3 is 10.1 Å². The highest BCUT2D eigenvalue weighted by molar-refractivity contribution is 7.91. The second-order valence-electron chi connectivity index (χ2n) is 5.27. The van der Waals surface area contributed by atoms with E-state index >= 15 is 0 Å². The first-order valence-electron chi connectivity index (χ1n) is 7.26. The molecule has 1 aromatic heterocycles. The van der Waals surface area contributed by atoms with Crippen LogP contribution in [0.1, 0.15) is 25.1 Å². The molecule has 0 aliphatic carbocycles. The fourth-order valence-corrected chi connectivity index (χ4v) is 4.04. The minimum Gasteiger partial charge on any atom is -0.380 e. The molecule has 0 saturated heterocycles. The summed E-state index contributed by atoms with van der Waals surface area (Å²) in [5.41, 5.74) is 0. The first-order valence-corrected chi connectivity index (χ1v) is 9.56. The maximum Gasteiger partial charge on any atom is 0.250 e. The van der Waals surface area contributed by atoms with E-state index in [1.54, 1.807) is 6.07 Å². The van der Waals surface area contributed by atoms with Gasteiger partial charge in [0.1, 0.15) is 4.21 Å². The minimum absolute atomic E-state index is 0.310. The van der Waals surface area contributed by atoms with Crippen LogP contribution in [0.2, 0.25) is 0 Å². The molecule has 21 heavy (non-hydrogen) atoms. The van der Waals surface area contributed by atoms with Crippen LogP contribution in [0.4, 0.5) is 0 Å². The lowest BCUT2D eigenvalue weighted by Gasteiger charge is -2.07. The smallest absolute Gasteiger partial charge is 0.250 e. The van der Waals surface area contributed by atoms with Crippen molar-refractivity contribution in [1.82, 2.24) is 10.0 Å². The number of sulfonamides is 1. The topological polar surface area (TPSA) is 67.4 Å². The lowest BCUT2D eigenvalue weighted by Crippen LogP contribution is -2.27. The number of hydrogen-bond acceptors (Lipinski definition) is 5. The molecular formula is C14H26N2O3S2. The van der Waals surface area contributed by atoms with E-state index in [1.165, 1.54) is 11.3 Å². The van der Waals surface area contributed by atoms with E-state index in [0.29, 0.717) is 29.9 Å². The van der Waals surface area contributed by atoms with Crippen LogP contribution in [0.3, 0.4) is 0 Å². The van der Waals surface area contributed by atoms with Gasteiger partial charge in [0.2, 0.25) is 10.0 Å². The Balaban J connectivity index is 2.34. The average molecular weight is 335 g/mol. The molecule has 0 bridgehead atoms. The summed E-state index contributed by atoms with van der Waals surface area (Å²) in [7, 11) is -1.52. The van der Waals surface area contributed by atoms with E-state index < -0.39 is 10.0 Å². The van der Waals surface area contributed by atoms with Gasteiger partial charge in [-0.25, -0.2) is 13.1 Å². The van der Waals surface area contributed by atoms with E-state index in [4.69, 9.17) is 4.74 Å². The number of likely N-dealkylation sites (N-methyl/N-ethyl adjacent to an activating group) is 1. The largest absolute Gasteiger partial charge is 0.380 e. The Morgan fingerprint density at radius 3 is 2.67 bits per heavy atom. The Morgan fingerprint density at radius 1 is 1.24 bits per heavy atom. The third-order valence-electron chi connectivity index (χ3n) is 2.90. The molecule has 0 aliphatic rings. The van der Waals surface area contributed by atoms with E-state index in [-0.39, 0.29) is 0 Å². The molecule has 0 spiro atoms. The zero-order chi connectivity index (χ0) is 15.7. The molecule has 0 amide bonds. The van der Waals surface area contributed by atoms with Crippen molar-refractivity contribution in [2.45, 2.75) is 30.9 Å². The van der Waals surface area contributed by atoms with E-state index in [0.717, 1.165) is 24.3 Å². The van der Waals surface area contributed by atoms with Crippen molar-refractivity contribution in [2.24, 2.45) is 5.92 Å². The average Bonchev–Trinajstić information content (AvgIpc) is 2.89. The molecule has 122 valence electrons. The zero-order valence-electron chi connectivity index (χ0n) is 13.0. The van der Waals surface area contributed by atoms with Gasteiger partial charge in [0.05, 0.1) is 6.61 Å². The molecule has 1 rings (SSSR count). The molecule has 0 saturated carbocycles. The Morgan fingerprint density at radius 2 is 2.00 bits per heavy atom. The van der Waals surface area contributed by atoms with E-state index in [9.17, 15) is 8.42 Å². The van der Waals surface area contributed by atoms with Gasteiger partial charge in [-0.15, -0.1) is 11.3 Å². The van der Waals surface area contributed by atoms with Gasteiger partial charge in [0.25, 0.3) is 0 Å². The molecule has 0 aliphatic heterocycles. The van der Waals surface area contributed by atoms with Crippen LogP contribution in [0.5, 0.6) is 0 Å². The Hall–Kier alpha value is -0.470. The van der Waals surface area contributed by atoms with Crippen LogP contribution in [-0.2, 0) is 21.2 Å². The van der Waals surface area contributed by atoms with Crippen LogP contribution < -0.4 is 10.0 Å². The first-order chi connectivity index (χ1) is 9.95. The molecule has 1 aromatic rings. The predicted octanol–water partition coefficient (Wildman–Crippen LogP) is 1.85. The second-order valence-corrected chi connectivity index (χ2v) is 8.43. The predicted molar refractivity (Wildman–Crippen MR) is 87.4 cm³/mol. The third kappa shape index (κ3) is 7.37. The van der Waals surface area contributed by atoms with Gasteiger partial charge in [-0.2, -0.15) is 0 Å². The molecule has 1 heterocycles. The summed E-state index contributed by atoms with van der Waals surface area (Å²) in [6.07, 6.45) is 1.83. The molecule has 5 nitrogen and oxygen atoms in total. The van der Waals surface area contributed by atoms with Gasteiger partial charge in [0, 0.05) is 18.0 Å². The van der Waals surface area contributed by atoms with Crippen molar-refractivity contribution in [3.63, 3.8) is 0 Å². The van der Waals surface area contributed by atoms with Crippen molar-refractivity contribution in [2.75, 3.05) is 33.4 Å². The second kappa shape index (κ2) is 9.53. The number of ether oxygens (including phenoxy) is 1. The van der Waals surface area contributed by atoms with Crippen LogP contribution in [-0.4, -0.2) is 41.8 Å². The minimum atomic E-state index is -3.40. The fraction of sp³-hybridized carbons (Fsp3) is 0.714. The van der Waals surface area contributed by atoms with Crippen molar-refractivity contribution in [3.05, 3.63) is 17.0 Å². The summed E-state index contributed by atoms with van der Waals surface area (Å²) in [5.74, 6) is 0.601. The fourth-order valence-electron chi connectivity index (χ4n) is 1.63. The first kappa shape index (κ1) is 18.6. The number of rotatable bonds is 11. The van der Waals surface area contributed by atoms with Crippen molar-refractivity contribution < 1.29 is 13.2 Å². The standard InChI is InChI=1S/C14H26N2O3S2/c1-12(2)7-10-19-11-9-16-21(17,18)14-5-4-13(20-14)6-8-15-3/h4-5,12,15-16H,6-11H2,1-3H3. The summed E-state index contributed by atoms with van der Waals surface area (Å²) in [4.78, 5) is 1.07. The Labute approximate surface area is 132 Å². The lowest BCUT2D eigenvalue weighted by atomic mass is 10.1. The molecule has 0 fully saturated rings. The summed E-state index contributed by atoms with van der Waals surface area (Å²) < 4.78 is 32.5. The number of hydrogen-bond donors (Lipinski definition) is 2. The van der Waals surface area contributed by atoms with Crippen LogP contribution >= 0.6 is 11.3 Å². The van der Waals surface area contributed by atoms with Gasteiger partial charge in [-0.05, 0) is 44.5 Å². The highest BCUT2D eigenvalue weighted by atomic mass is 32.2. The Kier molecular flexibility index (Phi) is 8.43. The van der Waals surface area contributed by atoms with E-state index in [2.05, 4.69) is 23.9 Å². The van der Waals surface area contributed by atoms with Gasteiger partial charge in [-0.1, -0.05) is 13.8 Å². The van der Waals surface area contributed by atoms with Crippen molar-refractivity contribution in [1.29, 1.82) is 0 Å². The normalized spacial score (nSPS) is 12.2. The molecule has 0 aromatic carbocycles. The summed E-state index contributed by atoms with van der Waals surface area (Å²) >= 11 is 1.32. The van der Waals surface area contributed by atoms with Crippen LogP contribution in [0.15, 0.2) is 16.3 Å².